The predicted octanol–water partition coefficient (Wildman–Crippen LogP) is 0.240. The van der Waals surface area contributed by atoms with Gasteiger partial charge in [0.15, 0.2) is 12.3 Å². The van der Waals surface area contributed by atoms with Crippen molar-refractivity contribution >= 4 is 17.3 Å². The van der Waals surface area contributed by atoms with Crippen LogP contribution in [0.5, 0.6) is 0 Å². The Bertz CT molecular complexity index is 764. The molecule has 0 bridgehead atoms. The van der Waals surface area contributed by atoms with Crippen LogP contribution in [-0.4, -0.2) is 57.0 Å². The van der Waals surface area contributed by atoms with Crippen molar-refractivity contribution in [2.45, 2.75) is 30.6 Å². The van der Waals surface area contributed by atoms with Crippen LogP contribution in [0.1, 0.15) is 0 Å². The number of hydrogen-bond acceptors (Lipinski definition) is 7. The van der Waals surface area contributed by atoms with Gasteiger partial charge < -0.3 is 36.2 Å². The van der Waals surface area contributed by atoms with E-state index in [9.17, 15) is 20.1 Å². The number of nitrogen functional groups attached to an aromatic ring is 1. The summed E-state index contributed by atoms with van der Waals surface area (Å²) in [5.74, 6) is -1.42. The Morgan fingerprint density at radius 1 is 0.885 bits per heavy atom. The van der Waals surface area contributed by atoms with Crippen molar-refractivity contribution in [2.75, 3.05) is 11.1 Å². The van der Waals surface area contributed by atoms with Crippen molar-refractivity contribution in [2.24, 2.45) is 0 Å². The van der Waals surface area contributed by atoms with E-state index >= 15 is 0 Å². The van der Waals surface area contributed by atoms with E-state index in [0.29, 0.717) is 11.4 Å². The van der Waals surface area contributed by atoms with Gasteiger partial charge in [-0.25, -0.2) is 4.79 Å². The van der Waals surface area contributed by atoms with Crippen LogP contribution >= 0.6 is 0 Å². The lowest BCUT2D eigenvalue weighted by Gasteiger charge is -2.39. The summed E-state index contributed by atoms with van der Waals surface area (Å²) < 4.78 is 5.19. The Labute approximate surface area is 149 Å². The number of aliphatic hydroxyl groups excluding tert-OH is 3. The standard InChI is InChI=1S/C18H20N2O6/c19-11-5-1-9(2-6-11)10-3-7-12(8-4-10)20-17-15(23)13(21)14(22)16(26-17)18(24)25/h1-8,13-17,20-23H,19H2,(H,24,25). The highest BCUT2D eigenvalue weighted by atomic mass is 16.6. The second-order valence-electron chi connectivity index (χ2n) is 6.13. The summed E-state index contributed by atoms with van der Waals surface area (Å²) in [6.07, 6.45) is -7.67. The number of aliphatic hydroxyl groups is 3. The Hall–Kier alpha value is -2.65. The number of rotatable bonds is 4. The number of anilines is 2. The summed E-state index contributed by atoms with van der Waals surface area (Å²) in [5, 5.41) is 41.4. The highest BCUT2D eigenvalue weighted by molar-refractivity contribution is 5.73. The van der Waals surface area contributed by atoms with Gasteiger partial charge >= 0.3 is 5.97 Å². The molecule has 0 spiro atoms. The molecule has 7 N–H and O–H groups in total. The maximum Gasteiger partial charge on any atom is 0.335 e. The molecule has 0 aliphatic carbocycles. The summed E-state index contributed by atoms with van der Waals surface area (Å²) in [7, 11) is 0. The zero-order valence-corrected chi connectivity index (χ0v) is 13.7. The molecule has 0 saturated carbocycles. The molecule has 0 amide bonds. The monoisotopic (exact) mass is 360 g/mol. The molecule has 1 aliphatic rings. The minimum atomic E-state index is -1.71. The van der Waals surface area contributed by atoms with Crippen LogP contribution in [0.15, 0.2) is 48.5 Å². The van der Waals surface area contributed by atoms with Gasteiger partial charge in [0, 0.05) is 11.4 Å². The fourth-order valence-electron chi connectivity index (χ4n) is 2.80. The molecule has 2 aromatic carbocycles. The first kappa shape index (κ1) is 18.2. The van der Waals surface area contributed by atoms with Crippen molar-refractivity contribution in [1.82, 2.24) is 0 Å². The van der Waals surface area contributed by atoms with E-state index in [4.69, 9.17) is 15.6 Å². The molecule has 2 aromatic rings. The number of carbonyl (C=O) groups is 1. The maximum absolute atomic E-state index is 11.1. The molecular formula is C18H20N2O6. The SMILES string of the molecule is Nc1ccc(-c2ccc(NC3OC(C(=O)O)C(O)C(O)C3O)cc2)cc1. The van der Waals surface area contributed by atoms with Crippen molar-refractivity contribution in [1.29, 1.82) is 0 Å². The molecule has 138 valence electrons. The Kier molecular flexibility index (Phi) is 5.10. The summed E-state index contributed by atoms with van der Waals surface area (Å²) in [4.78, 5) is 11.1. The van der Waals surface area contributed by atoms with Crippen LogP contribution in [0.2, 0.25) is 0 Å². The summed E-state index contributed by atoms with van der Waals surface area (Å²) >= 11 is 0. The molecule has 0 aromatic heterocycles. The first-order valence-corrected chi connectivity index (χ1v) is 8.02. The third-order valence-electron chi connectivity index (χ3n) is 4.29. The molecule has 8 nitrogen and oxygen atoms in total. The molecule has 0 radical (unpaired) electrons. The number of nitrogens with one attached hydrogen (secondary N) is 1. The molecule has 1 aliphatic heterocycles. The second-order valence-corrected chi connectivity index (χ2v) is 6.13. The first-order valence-electron chi connectivity index (χ1n) is 8.02. The molecular weight excluding hydrogens is 340 g/mol. The predicted molar refractivity (Wildman–Crippen MR) is 94.2 cm³/mol. The smallest absolute Gasteiger partial charge is 0.335 e. The van der Waals surface area contributed by atoms with Crippen molar-refractivity contribution in [3.63, 3.8) is 0 Å². The molecule has 1 fully saturated rings. The van der Waals surface area contributed by atoms with E-state index < -0.39 is 36.6 Å². The minimum Gasteiger partial charge on any atom is -0.479 e. The Balaban J connectivity index is 1.73. The van der Waals surface area contributed by atoms with E-state index in [1.807, 2.05) is 24.3 Å². The quantitative estimate of drug-likeness (QED) is 0.425. The van der Waals surface area contributed by atoms with E-state index in [-0.39, 0.29) is 0 Å². The lowest BCUT2D eigenvalue weighted by atomic mass is 9.98. The lowest BCUT2D eigenvalue weighted by Crippen LogP contribution is -2.61. The number of carboxylic acids is 1. The Morgan fingerprint density at radius 2 is 1.42 bits per heavy atom. The average molecular weight is 360 g/mol. The molecule has 26 heavy (non-hydrogen) atoms. The fraction of sp³-hybridized carbons (Fsp3) is 0.278. The van der Waals surface area contributed by atoms with Crippen LogP contribution in [0, 0.1) is 0 Å². The van der Waals surface area contributed by atoms with Crippen molar-refractivity contribution in [3.05, 3.63) is 48.5 Å². The second kappa shape index (κ2) is 7.30. The Morgan fingerprint density at radius 3 is 1.96 bits per heavy atom. The van der Waals surface area contributed by atoms with E-state index in [0.717, 1.165) is 11.1 Å². The average Bonchev–Trinajstić information content (AvgIpc) is 2.63. The number of ether oxygens (including phenoxy) is 1. The highest BCUT2D eigenvalue weighted by Gasteiger charge is 2.46. The molecule has 8 heteroatoms. The summed E-state index contributed by atoms with van der Waals surface area (Å²) in [6, 6.07) is 14.5. The zero-order valence-electron chi connectivity index (χ0n) is 13.7. The molecule has 1 saturated heterocycles. The fourth-order valence-corrected chi connectivity index (χ4v) is 2.80. The third-order valence-corrected chi connectivity index (χ3v) is 4.29. The number of carboxylic acid groups (broad SMARTS) is 1. The van der Waals surface area contributed by atoms with Crippen molar-refractivity contribution in [3.8, 4) is 11.1 Å². The van der Waals surface area contributed by atoms with E-state index in [1.165, 1.54) is 0 Å². The van der Waals surface area contributed by atoms with Crippen LogP contribution < -0.4 is 11.1 Å². The van der Waals surface area contributed by atoms with Gasteiger partial charge in [0.2, 0.25) is 0 Å². The van der Waals surface area contributed by atoms with Gasteiger partial charge in [0.1, 0.15) is 18.3 Å². The van der Waals surface area contributed by atoms with Crippen molar-refractivity contribution < 1.29 is 30.0 Å². The highest BCUT2D eigenvalue weighted by Crippen LogP contribution is 2.26. The number of nitrogens with two attached hydrogens (primary N) is 1. The topological polar surface area (TPSA) is 145 Å². The minimum absolute atomic E-state index is 0.556. The molecule has 3 rings (SSSR count). The summed E-state index contributed by atoms with van der Waals surface area (Å²) in [6.45, 7) is 0. The van der Waals surface area contributed by atoms with Crippen LogP contribution in [0.3, 0.4) is 0 Å². The van der Waals surface area contributed by atoms with Crippen LogP contribution in [-0.2, 0) is 9.53 Å². The van der Waals surface area contributed by atoms with Gasteiger partial charge in [-0.15, -0.1) is 0 Å². The van der Waals surface area contributed by atoms with Gasteiger partial charge in [-0.3, -0.25) is 0 Å². The van der Waals surface area contributed by atoms with Gasteiger partial charge in [0.05, 0.1) is 0 Å². The van der Waals surface area contributed by atoms with E-state index in [1.54, 1.807) is 24.3 Å². The third kappa shape index (κ3) is 3.63. The van der Waals surface area contributed by atoms with Crippen LogP contribution in [0.25, 0.3) is 11.1 Å². The number of aliphatic carboxylic acids is 1. The molecule has 5 atom stereocenters. The summed E-state index contributed by atoms with van der Waals surface area (Å²) in [5.41, 5.74) is 8.82. The normalized spacial score (nSPS) is 28.5. The van der Waals surface area contributed by atoms with E-state index in [2.05, 4.69) is 5.32 Å². The first-order chi connectivity index (χ1) is 12.4. The van der Waals surface area contributed by atoms with Gasteiger partial charge in [-0.05, 0) is 35.4 Å². The van der Waals surface area contributed by atoms with Gasteiger partial charge in [-0.2, -0.15) is 0 Å². The largest absolute Gasteiger partial charge is 0.479 e. The van der Waals surface area contributed by atoms with Gasteiger partial charge in [-0.1, -0.05) is 24.3 Å². The lowest BCUT2D eigenvalue weighted by molar-refractivity contribution is -0.221. The molecule has 5 unspecified atom stereocenters. The number of hydrogen-bond donors (Lipinski definition) is 6. The number of benzene rings is 2. The van der Waals surface area contributed by atoms with Gasteiger partial charge in [0.25, 0.3) is 0 Å². The molecule has 1 heterocycles. The maximum atomic E-state index is 11.1. The van der Waals surface area contributed by atoms with Crippen LogP contribution in [0.4, 0.5) is 11.4 Å². The zero-order chi connectivity index (χ0) is 18.8.